The third kappa shape index (κ3) is 10.4. The lowest BCUT2D eigenvalue weighted by Gasteiger charge is -2.30. The summed E-state index contributed by atoms with van der Waals surface area (Å²) in [6.07, 6.45) is 5.59. The number of hydrogen-bond acceptors (Lipinski definition) is 5. The molecule has 2 heterocycles. The highest BCUT2D eigenvalue weighted by atomic mass is 19.4. The minimum atomic E-state index is -4.18. The number of pyridine rings is 1. The fourth-order valence-electron chi connectivity index (χ4n) is 5.25. The topological polar surface area (TPSA) is 89.3 Å². The highest BCUT2D eigenvalue weighted by Gasteiger charge is 2.28. The Bertz CT molecular complexity index is 1050. The van der Waals surface area contributed by atoms with Crippen molar-refractivity contribution >= 4 is 11.6 Å². The maximum atomic E-state index is 14.7. The molecule has 0 spiro atoms. The number of nitrogens with two attached hydrogens (primary N) is 1. The fourth-order valence-corrected chi connectivity index (χ4v) is 5.25. The van der Waals surface area contributed by atoms with Gasteiger partial charge in [0.1, 0.15) is 11.6 Å². The van der Waals surface area contributed by atoms with Crippen LogP contribution in [0.3, 0.4) is 0 Å². The van der Waals surface area contributed by atoms with Crippen molar-refractivity contribution < 1.29 is 31.5 Å². The van der Waals surface area contributed by atoms with Crippen molar-refractivity contribution in [3.63, 3.8) is 0 Å². The molecule has 1 unspecified atom stereocenters. The zero-order valence-corrected chi connectivity index (χ0v) is 22.8. The van der Waals surface area contributed by atoms with Crippen molar-refractivity contribution in [1.82, 2.24) is 10.3 Å². The van der Waals surface area contributed by atoms with E-state index in [1.54, 1.807) is 12.1 Å². The summed E-state index contributed by atoms with van der Waals surface area (Å²) in [5.74, 6) is -0.476. The molecule has 40 heavy (non-hydrogen) atoms. The average Bonchev–Trinajstić information content (AvgIpc) is 2.93. The number of carbonyl (C=O) groups is 1. The quantitative estimate of drug-likeness (QED) is 0.346. The van der Waals surface area contributed by atoms with Crippen LogP contribution in [-0.4, -0.2) is 48.9 Å². The van der Waals surface area contributed by atoms with Crippen LogP contribution in [-0.2, 0) is 16.0 Å². The normalized spacial score (nSPS) is 20.8. The van der Waals surface area contributed by atoms with Crippen LogP contribution in [0, 0.1) is 17.6 Å². The number of carbonyl (C=O) groups excluding carboxylic acids is 1. The van der Waals surface area contributed by atoms with Crippen LogP contribution in [0.1, 0.15) is 68.9 Å². The van der Waals surface area contributed by atoms with E-state index < -0.39 is 18.5 Å². The van der Waals surface area contributed by atoms with Crippen LogP contribution in [0.25, 0.3) is 0 Å². The summed E-state index contributed by atoms with van der Waals surface area (Å²) in [4.78, 5) is 17.1. The van der Waals surface area contributed by atoms with E-state index in [9.17, 15) is 26.7 Å². The smallest absolute Gasteiger partial charge is 0.375 e. The van der Waals surface area contributed by atoms with Crippen LogP contribution in [0.5, 0.6) is 0 Å². The number of hydrogen-bond donors (Lipinski definition) is 3. The summed E-state index contributed by atoms with van der Waals surface area (Å²) in [6.45, 7) is 2.21. The molecule has 1 aliphatic carbocycles. The second kappa shape index (κ2) is 15.4. The molecule has 2 fully saturated rings. The van der Waals surface area contributed by atoms with E-state index in [2.05, 4.69) is 28.3 Å². The van der Waals surface area contributed by atoms with Gasteiger partial charge in [0.2, 0.25) is 5.91 Å². The summed E-state index contributed by atoms with van der Waals surface area (Å²) < 4.78 is 66.0. The van der Waals surface area contributed by atoms with Crippen LogP contribution < -0.4 is 16.4 Å². The van der Waals surface area contributed by atoms with E-state index in [1.165, 1.54) is 30.9 Å². The van der Waals surface area contributed by atoms with E-state index in [4.69, 9.17) is 4.74 Å². The van der Waals surface area contributed by atoms with E-state index in [1.807, 2.05) is 0 Å². The average molecular weight is 571 g/mol. The van der Waals surface area contributed by atoms with Gasteiger partial charge in [-0.1, -0.05) is 31.4 Å². The summed E-state index contributed by atoms with van der Waals surface area (Å²) in [6, 6.07) is 6.81. The molecule has 3 atom stereocenters. The molecule has 2 aromatic rings. The van der Waals surface area contributed by atoms with Crippen molar-refractivity contribution in [3.8, 4) is 0 Å². The van der Waals surface area contributed by atoms with Crippen molar-refractivity contribution in [2.75, 3.05) is 25.0 Å². The number of amides is 1. The molecule has 1 aromatic carbocycles. The monoisotopic (exact) mass is 570 g/mol. The second-order valence-electron chi connectivity index (χ2n) is 10.6. The first-order valence-electron chi connectivity index (χ1n) is 13.8. The number of aromatic nitrogens is 1. The minimum absolute atomic E-state index is 0.00886. The molecule has 1 saturated heterocycles. The molecule has 1 saturated carbocycles. The molecule has 2 aliphatic rings. The van der Waals surface area contributed by atoms with Gasteiger partial charge in [-0.3, -0.25) is 9.78 Å². The SMILES string of the molecule is C[C@@H]1CO[C@H](CCc2c(F)cncc2NC(=O)CC(c2ccc(F)cc2)C2CCCCC2)CN1.NCC(F)(F)F. The van der Waals surface area contributed by atoms with Crippen LogP contribution in [0.15, 0.2) is 36.7 Å². The van der Waals surface area contributed by atoms with Crippen molar-refractivity contribution in [1.29, 1.82) is 0 Å². The molecular formula is C29H39F5N4O2. The lowest BCUT2D eigenvalue weighted by Crippen LogP contribution is -2.44. The summed E-state index contributed by atoms with van der Waals surface area (Å²) >= 11 is 0. The molecule has 11 heteroatoms. The Labute approximate surface area is 232 Å². The third-order valence-corrected chi connectivity index (χ3v) is 7.43. The van der Waals surface area contributed by atoms with Crippen LogP contribution in [0.4, 0.5) is 27.6 Å². The van der Waals surface area contributed by atoms with Crippen molar-refractivity contribution in [2.45, 2.75) is 82.5 Å². The number of nitrogens with one attached hydrogen (secondary N) is 2. The summed E-state index contributed by atoms with van der Waals surface area (Å²) in [5, 5.41) is 6.30. The van der Waals surface area contributed by atoms with Crippen LogP contribution in [0.2, 0.25) is 0 Å². The Morgan fingerprint density at radius 2 is 1.82 bits per heavy atom. The predicted octanol–water partition coefficient (Wildman–Crippen LogP) is 5.87. The number of ether oxygens (including phenoxy) is 1. The van der Waals surface area contributed by atoms with Gasteiger partial charge in [-0.05, 0) is 62.1 Å². The standard InChI is InChI=1S/C27H35F2N3O2.C2H4F3N/c1-18-17-34-22(14-31-18)11-12-23-25(29)15-30-16-26(23)32-27(33)13-24(19-5-3-2-4-6-19)20-7-9-21(28)10-8-20;3-2(4,5)1-6/h7-10,15-16,18-19,22,24,31H,2-6,11-14,17H2,1H3,(H,32,33);1,6H2/t18-,22-,24?;/m1./s1. The maximum Gasteiger partial charge on any atom is 0.400 e. The lowest BCUT2D eigenvalue weighted by atomic mass is 9.75. The third-order valence-electron chi connectivity index (χ3n) is 7.43. The largest absolute Gasteiger partial charge is 0.400 e. The zero-order chi connectivity index (χ0) is 29.1. The Balaban J connectivity index is 0.000000663. The molecule has 0 bridgehead atoms. The minimum Gasteiger partial charge on any atom is -0.375 e. The van der Waals surface area contributed by atoms with Crippen molar-refractivity contribution in [3.05, 3.63) is 59.4 Å². The Morgan fingerprint density at radius 3 is 2.42 bits per heavy atom. The first-order chi connectivity index (χ1) is 19.1. The van der Waals surface area contributed by atoms with Gasteiger partial charge in [-0.25, -0.2) is 8.78 Å². The van der Waals surface area contributed by atoms with Gasteiger partial charge < -0.3 is 21.1 Å². The molecule has 222 valence electrons. The highest BCUT2D eigenvalue weighted by Crippen LogP contribution is 2.38. The Kier molecular flexibility index (Phi) is 12.3. The van der Waals surface area contributed by atoms with Gasteiger partial charge in [0.05, 0.1) is 37.3 Å². The van der Waals surface area contributed by atoms with E-state index in [-0.39, 0.29) is 30.2 Å². The van der Waals surface area contributed by atoms with Crippen LogP contribution >= 0.6 is 0 Å². The molecule has 1 amide bonds. The fraction of sp³-hybridized carbons (Fsp3) is 0.586. The first-order valence-corrected chi connectivity index (χ1v) is 13.8. The van der Waals surface area contributed by atoms with E-state index >= 15 is 0 Å². The summed E-state index contributed by atoms with van der Waals surface area (Å²) in [7, 11) is 0. The molecule has 4 N–H and O–H groups in total. The van der Waals surface area contributed by atoms with Gasteiger partial charge in [0, 0.05) is 24.6 Å². The van der Waals surface area contributed by atoms with Gasteiger partial charge >= 0.3 is 6.18 Å². The number of morpholine rings is 1. The second-order valence-corrected chi connectivity index (χ2v) is 10.6. The van der Waals surface area contributed by atoms with Gasteiger partial charge in [0.15, 0.2) is 0 Å². The Morgan fingerprint density at radius 1 is 1.15 bits per heavy atom. The highest BCUT2D eigenvalue weighted by molar-refractivity contribution is 5.92. The maximum absolute atomic E-state index is 14.7. The molecule has 0 radical (unpaired) electrons. The first kappa shape index (κ1) is 31.9. The van der Waals surface area contributed by atoms with E-state index in [0.29, 0.717) is 42.7 Å². The number of rotatable bonds is 8. The van der Waals surface area contributed by atoms with Crippen molar-refractivity contribution in [2.24, 2.45) is 11.7 Å². The molecule has 1 aromatic heterocycles. The molecule has 1 aliphatic heterocycles. The number of anilines is 1. The predicted molar refractivity (Wildman–Crippen MR) is 144 cm³/mol. The number of alkyl halides is 3. The number of nitrogens with zero attached hydrogens (tertiary/aromatic N) is 1. The van der Waals surface area contributed by atoms with Gasteiger partial charge in [0.25, 0.3) is 0 Å². The zero-order valence-electron chi connectivity index (χ0n) is 22.8. The number of benzene rings is 1. The summed E-state index contributed by atoms with van der Waals surface area (Å²) in [5.41, 5.74) is 6.04. The lowest BCUT2D eigenvalue weighted by molar-refractivity contribution is -0.119. The molecule has 4 rings (SSSR count). The van der Waals surface area contributed by atoms with E-state index in [0.717, 1.165) is 37.8 Å². The molecular weight excluding hydrogens is 531 g/mol. The number of halogens is 5. The molecule has 6 nitrogen and oxygen atoms in total. The van der Waals surface area contributed by atoms with Gasteiger partial charge in [-0.15, -0.1) is 0 Å². The van der Waals surface area contributed by atoms with Gasteiger partial charge in [-0.2, -0.15) is 13.2 Å². The Hall–Kier alpha value is -2.63.